The quantitative estimate of drug-likeness (QED) is 0.670. The van der Waals surface area contributed by atoms with Crippen molar-refractivity contribution < 1.29 is 13.2 Å². The Bertz CT molecular complexity index is 818. The second kappa shape index (κ2) is 4.96. The van der Waals surface area contributed by atoms with E-state index in [0.29, 0.717) is 21.8 Å². The van der Waals surface area contributed by atoms with Crippen LogP contribution in [-0.4, -0.2) is 15.0 Å². The molecule has 0 radical (unpaired) electrons. The summed E-state index contributed by atoms with van der Waals surface area (Å²) in [6.45, 7) is 0. The number of aromatic nitrogens is 3. The molecule has 2 aromatic heterocycles. The molecule has 106 valence electrons. The van der Waals surface area contributed by atoms with Gasteiger partial charge in [0.25, 0.3) is 0 Å². The van der Waals surface area contributed by atoms with Crippen LogP contribution in [0.15, 0.2) is 42.9 Å². The van der Waals surface area contributed by atoms with Gasteiger partial charge in [-0.1, -0.05) is 11.6 Å². The smallest absolute Gasteiger partial charge is 0.263 e. The third-order valence-corrected chi connectivity index (χ3v) is 3.22. The van der Waals surface area contributed by atoms with Gasteiger partial charge in [-0.15, -0.1) is 0 Å². The predicted octanol–water partition coefficient (Wildman–Crippen LogP) is 4.36. The van der Waals surface area contributed by atoms with Crippen LogP contribution in [0.5, 0.6) is 0 Å². The van der Waals surface area contributed by atoms with E-state index in [-0.39, 0.29) is 5.52 Å². The minimum Gasteiger partial charge on any atom is -0.263 e. The van der Waals surface area contributed by atoms with Gasteiger partial charge >= 0.3 is 6.18 Å². The second-order valence-corrected chi connectivity index (χ2v) is 4.72. The number of fused-ring (bicyclic) bond motifs is 1. The molecule has 0 spiro atoms. The van der Waals surface area contributed by atoms with Crippen molar-refractivity contribution in [3.8, 4) is 11.3 Å². The van der Waals surface area contributed by atoms with Gasteiger partial charge < -0.3 is 0 Å². The molecule has 3 nitrogen and oxygen atoms in total. The highest BCUT2D eigenvalue weighted by molar-refractivity contribution is 6.33. The number of nitrogens with zero attached hydrogens (tertiary/aromatic N) is 3. The molecule has 2 heterocycles. The summed E-state index contributed by atoms with van der Waals surface area (Å²) in [4.78, 5) is 12.2. The molecule has 0 bridgehead atoms. The molecule has 1 aromatic carbocycles. The van der Waals surface area contributed by atoms with Gasteiger partial charge in [-0.05, 0) is 24.3 Å². The summed E-state index contributed by atoms with van der Waals surface area (Å²) in [5.41, 5.74) is 0.904. The molecule has 0 saturated heterocycles. The summed E-state index contributed by atoms with van der Waals surface area (Å²) < 4.78 is 37.9. The van der Waals surface area contributed by atoms with E-state index in [2.05, 4.69) is 15.0 Å². The molecular weight excluding hydrogens is 303 g/mol. The van der Waals surface area contributed by atoms with Crippen LogP contribution in [-0.2, 0) is 6.18 Å². The summed E-state index contributed by atoms with van der Waals surface area (Å²) >= 11 is 6.02. The standard InChI is InChI=1S/C14H7ClF3N3/c15-10-6-19-4-3-9(10)13-7-20-12-5-8(14(16,17)18)1-2-11(12)21-13/h1-7H. The monoisotopic (exact) mass is 309 g/mol. The van der Waals surface area contributed by atoms with E-state index in [1.54, 1.807) is 12.3 Å². The van der Waals surface area contributed by atoms with Gasteiger partial charge in [-0.3, -0.25) is 9.97 Å². The molecule has 0 atom stereocenters. The number of pyridine rings is 1. The van der Waals surface area contributed by atoms with E-state index in [4.69, 9.17) is 11.6 Å². The highest BCUT2D eigenvalue weighted by Gasteiger charge is 2.30. The SMILES string of the molecule is FC(F)(F)c1ccc2nc(-c3ccncc3Cl)cnc2c1. The van der Waals surface area contributed by atoms with E-state index in [9.17, 15) is 13.2 Å². The molecule has 0 saturated carbocycles. The first kappa shape index (κ1) is 13.8. The molecule has 21 heavy (non-hydrogen) atoms. The first-order chi connectivity index (χ1) is 9.95. The Kier molecular flexibility index (Phi) is 3.25. The Morgan fingerprint density at radius 1 is 1.00 bits per heavy atom. The molecule has 0 aliphatic rings. The lowest BCUT2D eigenvalue weighted by molar-refractivity contribution is -0.137. The summed E-state index contributed by atoms with van der Waals surface area (Å²) in [7, 11) is 0. The third kappa shape index (κ3) is 2.67. The van der Waals surface area contributed by atoms with E-state index in [1.807, 2.05) is 0 Å². The maximum Gasteiger partial charge on any atom is 0.416 e. The van der Waals surface area contributed by atoms with Crippen molar-refractivity contribution in [1.82, 2.24) is 15.0 Å². The third-order valence-electron chi connectivity index (χ3n) is 2.92. The highest BCUT2D eigenvalue weighted by atomic mass is 35.5. The summed E-state index contributed by atoms with van der Waals surface area (Å²) in [6, 6.07) is 4.92. The average Bonchev–Trinajstić information content (AvgIpc) is 2.46. The van der Waals surface area contributed by atoms with Gasteiger partial charge in [-0.25, -0.2) is 4.98 Å². The molecular formula is C14H7ClF3N3. The lowest BCUT2D eigenvalue weighted by Crippen LogP contribution is -2.04. The van der Waals surface area contributed by atoms with Gasteiger partial charge in [0.05, 0.1) is 33.5 Å². The second-order valence-electron chi connectivity index (χ2n) is 4.31. The van der Waals surface area contributed by atoms with Crippen LogP contribution in [0.4, 0.5) is 13.2 Å². The van der Waals surface area contributed by atoms with Crippen molar-refractivity contribution in [2.24, 2.45) is 0 Å². The van der Waals surface area contributed by atoms with Crippen molar-refractivity contribution in [2.45, 2.75) is 6.18 Å². The zero-order valence-corrected chi connectivity index (χ0v) is 11.2. The molecule has 0 N–H and O–H groups in total. The van der Waals surface area contributed by atoms with Crippen molar-refractivity contribution in [3.05, 3.63) is 53.4 Å². The summed E-state index contributed by atoms with van der Waals surface area (Å²) in [5, 5.41) is 0.401. The fraction of sp³-hybridized carbons (Fsp3) is 0.0714. The van der Waals surface area contributed by atoms with E-state index < -0.39 is 11.7 Å². The highest BCUT2D eigenvalue weighted by Crippen LogP contribution is 2.31. The number of hydrogen-bond acceptors (Lipinski definition) is 3. The Labute approximate surface area is 122 Å². The van der Waals surface area contributed by atoms with Crippen molar-refractivity contribution >= 4 is 22.6 Å². The molecule has 0 amide bonds. The largest absolute Gasteiger partial charge is 0.416 e. The first-order valence-electron chi connectivity index (χ1n) is 5.89. The Hall–Kier alpha value is -2.21. The molecule has 3 aromatic rings. The zero-order valence-electron chi connectivity index (χ0n) is 10.4. The van der Waals surface area contributed by atoms with E-state index in [0.717, 1.165) is 12.1 Å². The number of rotatable bonds is 1. The molecule has 0 aliphatic heterocycles. The van der Waals surface area contributed by atoms with Gasteiger partial charge in [-0.2, -0.15) is 13.2 Å². The minimum atomic E-state index is -4.40. The van der Waals surface area contributed by atoms with Crippen LogP contribution in [0.25, 0.3) is 22.3 Å². The van der Waals surface area contributed by atoms with Crippen molar-refractivity contribution in [1.29, 1.82) is 0 Å². The number of alkyl halides is 3. The molecule has 3 rings (SSSR count). The van der Waals surface area contributed by atoms with E-state index >= 15 is 0 Å². The van der Waals surface area contributed by atoms with Gasteiger partial charge in [0, 0.05) is 18.0 Å². The number of halogens is 4. The predicted molar refractivity (Wildman–Crippen MR) is 72.8 cm³/mol. The fourth-order valence-electron chi connectivity index (χ4n) is 1.90. The number of benzene rings is 1. The normalized spacial score (nSPS) is 11.8. The molecule has 0 fully saturated rings. The fourth-order valence-corrected chi connectivity index (χ4v) is 2.12. The van der Waals surface area contributed by atoms with Crippen LogP contribution in [0.3, 0.4) is 0 Å². The van der Waals surface area contributed by atoms with Crippen molar-refractivity contribution in [3.63, 3.8) is 0 Å². The van der Waals surface area contributed by atoms with Gasteiger partial charge in [0.15, 0.2) is 0 Å². The van der Waals surface area contributed by atoms with Crippen LogP contribution in [0.2, 0.25) is 5.02 Å². The maximum absolute atomic E-state index is 12.6. The molecule has 0 aliphatic carbocycles. The first-order valence-corrected chi connectivity index (χ1v) is 6.27. The van der Waals surface area contributed by atoms with Crippen molar-refractivity contribution in [2.75, 3.05) is 0 Å². The Morgan fingerprint density at radius 3 is 2.52 bits per heavy atom. The van der Waals surface area contributed by atoms with Crippen LogP contribution < -0.4 is 0 Å². The molecule has 0 unspecified atom stereocenters. The van der Waals surface area contributed by atoms with Crippen LogP contribution in [0.1, 0.15) is 5.56 Å². The Balaban J connectivity index is 2.12. The van der Waals surface area contributed by atoms with Crippen LogP contribution in [0, 0.1) is 0 Å². The van der Waals surface area contributed by atoms with Gasteiger partial charge in [0.2, 0.25) is 0 Å². The van der Waals surface area contributed by atoms with E-state index in [1.165, 1.54) is 18.5 Å². The van der Waals surface area contributed by atoms with Crippen LogP contribution >= 0.6 is 11.6 Å². The topological polar surface area (TPSA) is 38.7 Å². The minimum absolute atomic E-state index is 0.179. The molecule has 7 heteroatoms. The summed E-state index contributed by atoms with van der Waals surface area (Å²) in [5.74, 6) is 0. The zero-order chi connectivity index (χ0) is 15.0. The maximum atomic E-state index is 12.6. The summed E-state index contributed by atoms with van der Waals surface area (Å²) in [6.07, 6.45) is 0.0159. The number of hydrogen-bond donors (Lipinski definition) is 0. The Morgan fingerprint density at radius 2 is 1.81 bits per heavy atom. The van der Waals surface area contributed by atoms with Gasteiger partial charge in [0.1, 0.15) is 0 Å². The lowest BCUT2D eigenvalue weighted by atomic mass is 10.1. The average molecular weight is 310 g/mol. The lowest BCUT2D eigenvalue weighted by Gasteiger charge is -2.08.